The van der Waals surface area contributed by atoms with E-state index >= 15 is 0 Å². The lowest BCUT2D eigenvalue weighted by molar-refractivity contribution is -0.0419. The van der Waals surface area contributed by atoms with Crippen LogP contribution in [0, 0.1) is 0 Å². The number of aliphatic hydroxyl groups is 1. The minimum absolute atomic E-state index is 0.135. The summed E-state index contributed by atoms with van der Waals surface area (Å²) in [6.07, 6.45) is 6.85. The molecule has 1 spiro atoms. The highest BCUT2D eigenvalue weighted by Gasteiger charge is 2.46. The molecule has 1 saturated carbocycles. The number of nitrogens with zero attached hydrogens (tertiary/aromatic N) is 1. The van der Waals surface area contributed by atoms with Crippen molar-refractivity contribution in [3.63, 3.8) is 0 Å². The molecule has 2 nitrogen and oxygen atoms in total. The maximum Gasteiger partial charge on any atom is 0.0576 e. The summed E-state index contributed by atoms with van der Waals surface area (Å²) in [5.74, 6) is 0. The van der Waals surface area contributed by atoms with Crippen molar-refractivity contribution in [3.8, 4) is 0 Å². The Morgan fingerprint density at radius 1 is 1.17 bits per heavy atom. The van der Waals surface area contributed by atoms with E-state index in [0.717, 1.165) is 12.8 Å². The van der Waals surface area contributed by atoms with Gasteiger partial charge in [0.25, 0.3) is 0 Å². The minimum atomic E-state index is -0.135. The highest BCUT2D eigenvalue weighted by atomic mass is 16.3. The van der Waals surface area contributed by atoms with Gasteiger partial charge in [-0.05, 0) is 38.3 Å². The third-order valence-corrected chi connectivity index (χ3v) is 5.05. The molecular formula is C16H23NO. The predicted molar refractivity (Wildman–Crippen MR) is 73.4 cm³/mol. The van der Waals surface area contributed by atoms with Crippen LogP contribution in [0.5, 0.6) is 0 Å². The number of rotatable bonds is 1. The third-order valence-electron chi connectivity index (χ3n) is 5.05. The lowest BCUT2D eigenvalue weighted by Gasteiger charge is -2.49. The van der Waals surface area contributed by atoms with Crippen LogP contribution in [0.4, 0.5) is 0 Å². The summed E-state index contributed by atoms with van der Waals surface area (Å²) in [7, 11) is 2.26. The molecule has 1 aromatic rings. The third kappa shape index (κ3) is 1.98. The molecule has 2 atom stereocenters. The van der Waals surface area contributed by atoms with Crippen molar-refractivity contribution in [2.75, 3.05) is 7.05 Å². The highest BCUT2D eigenvalue weighted by Crippen LogP contribution is 2.47. The average molecular weight is 245 g/mol. The molecule has 1 aromatic carbocycles. The molecule has 2 aliphatic rings. The molecule has 3 rings (SSSR count). The molecule has 0 bridgehead atoms. The lowest BCUT2D eigenvalue weighted by atomic mass is 9.79. The van der Waals surface area contributed by atoms with E-state index in [2.05, 4.69) is 42.3 Å². The number of benzene rings is 1. The van der Waals surface area contributed by atoms with E-state index in [-0.39, 0.29) is 11.6 Å². The summed E-state index contributed by atoms with van der Waals surface area (Å²) < 4.78 is 0. The maximum absolute atomic E-state index is 10.3. The Balaban J connectivity index is 1.90. The van der Waals surface area contributed by atoms with Crippen molar-refractivity contribution in [2.45, 2.75) is 56.2 Å². The molecule has 0 radical (unpaired) electrons. The quantitative estimate of drug-likeness (QED) is 0.821. The summed E-state index contributed by atoms with van der Waals surface area (Å²) in [6.45, 7) is 0. The van der Waals surface area contributed by atoms with Crippen molar-refractivity contribution in [1.82, 2.24) is 4.90 Å². The second-order valence-electron chi connectivity index (χ2n) is 6.06. The van der Waals surface area contributed by atoms with Crippen molar-refractivity contribution in [1.29, 1.82) is 0 Å². The normalized spacial score (nSPS) is 31.9. The Bertz CT molecular complexity index is 397. The summed E-state index contributed by atoms with van der Waals surface area (Å²) in [4.78, 5) is 2.56. The highest BCUT2D eigenvalue weighted by molar-refractivity contribution is 5.21. The molecule has 0 amide bonds. The van der Waals surface area contributed by atoms with E-state index in [1.54, 1.807) is 0 Å². The van der Waals surface area contributed by atoms with Gasteiger partial charge in [0, 0.05) is 11.6 Å². The summed E-state index contributed by atoms with van der Waals surface area (Å²) in [6, 6.07) is 11.0. The standard InChI is InChI=1S/C16H23NO/c1-17-15(13-7-3-2-4-8-13)11-14(18)12-16(17)9-5-6-10-16/h2-4,7-8,14-15,18H,5-6,9-12H2,1H3. The number of aliphatic hydroxyl groups excluding tert-OH is 1. The predicted octanol–water partition coefficient (Wildman–Crippen LogP) is 3.13. The van der Waals surface area contributed by atoms with E-state index in [9.17, 15) is 5.11 Å². The second-order valence-corrected chi connectivity index (χ2v) is 6.06. The van der Waals surface area contributed by atoms with Crippen LogP contribution in [0.3, 0.4) is 0 Å². The van der Waals surface area contributed by atoms with Crippen LogP contribution in [0.2, 0.25) is 0 Å². The average Bonchev–Trinajstić information content (AvgIpc) is 2.84. The minimum Gasteiger partial charge on any atom is -0.393 e. The first-order valence-electron chi connectivity index (χ1n) is 7.17. The second kappa shape index (κ2) is 4.67. The smallest absolute Gasteiger partial charge is 0.0576 e. The molecule has 2 heteroatoms. The monoisotopic (exact) mass is 245 g/mol. The van der Waals surface area contributed by atoms with Crippen LogP contribution in [0.15, 0.2) is 30.3 Å². The van der Waals surface area contributed by atoms with E-state index < -0.39 is 0 Å². The van der Waals surface area contributed by atoms with E-state index in [4.69, 9.17) is 0 Å². The van der Waals surface area contributed by atoms with Gasteiger partial charge in [0.2, 0.25) is 0 Å². The molecular weight excluding hydrogens is 222 g/mol. The van der Waals surface area contributed by atoms with Gasteiger partial charge in [-0.2, -0.15) is 0 Å². The molecule has 0 aromatic heterocycles. The van der Waals surface area contributed by atoms with Crippen molar-refractivity contribution in [2.24, 2.45) is 0 Å². The molecule has 1 saturated heterocycles. The Labute approximate surface area is 110 Å². The Hall–Kier alpha value is -0.860. The first-order valence-corrected chi connectivity index (χ1v) is 7.17. The van der Waals surface area contributed by atoms with Gasteiger partial charge < -0.3 is 5.11 Å². The SMILES string of the molecule is CN1C(c2ccccc2)CC(O)CC12CCCC2. The number of hydrogen-bond donors (Lipinski definition) is 1. The molecule has 1 heterocycles. The fourth-order valence-corrected chi connectivity index (χ4v) is 4.04. The molecule has 2 unspecified atom stereocenters. The number of likely N-dealkylation sites (tertiary alicyclic amines) is 1. The van der Waals surface area contributed by atoms with E-state index in [1.807, 2.05) is 0 Å². The zero-order valence-corrected chi connectivity index (χ0v) is 11.2. The van der Waals surface area contributed by atoms with Gasteiger partial charge >= 0.3 is 0 Å². The molecule has 1 N–H and O–H groups in total. The molecule has 1 aliphatic heterocycles. The van der Waals surface area contributed by atoms with Gasteiger partial charge in [-0.25, -0.2) is 0 Å². The lowest BCUT2D eigenvalue weighted by Crippen LogP contribution is -2.53. The number of hydrogen-bond acceptors (Lipinski definition) is 2. The fraction of sp³-hybridized carbons (Fsp3) is 0.625. The largest absolute Gasteiger partial charge is 0.393 e. The van der Waals surface area contributed by atoms with E-state index in [1.165, 1.54) is 31.2 Å². The van der Waals surface area contributed by atoms with Crippen molar-refractivity contribution < 1.29 is 5.11 Å². The van der Waals surface area contributed by atoms with Crippen LogP contribution in [-0.4, -0.2) is 28.7 Å². The van der Waals surface area contributed by atoms with Gasteiger partial charge in [-0.3, -0.25) is 4.90 Å². The molecule has 98 valence electrons. The molecule has 18 heavy (non-hydrogen) atoms. The topological polar surface area (TPSA) is 23.5 Å². The van der Waals surface area contributed by atoms with Crippen molar-refractivity contribution >= 4 is 0 Å². The fourth-order valence-electron chi connectivity index (χ4n) is 4.04. The van der Waals surface area contributed by atoms with Crippen LogP contribution in [-0.2, 0) is 0 Å². The Morgan fingerprint density at radius 2 is 1.83 bits per heavy atom. The molecule has 2 fully saturated rings. The van der Waals surface area contributed by atoms with Crippen LogP contribution >= 0.6 is 0 Å². The van der Waals surface area contributed by atoms with Gasteiger partial charge in [0.15, 0.2) is 0 Å². The zero-order valence-electron chi connectivity index (χ0n) is 11.2. The first kappa shape index (κ1) is 12.2. The van der Waals surface area contributed by atoms with Crippen molar-refractivity contribution in [3.05, 3.63) is 35.9 Å². The Morgan fingerprint density at radius 3 is 2.50 bits per heavy atom. The summed E-state index contributed by atoms with van der Waals surface area (Å²) in [5.41, 5.74) is 1.61. The van der Waals surface area contributed by atoms with Crippen LogP contribution in [0.25, 0.3) is 0 Å². The maximum atomic E-state index is 10.3. The zero-order chi connectivity index (χ0) is 12.6. The first-order chi connectivity index (χ1) is 8.71. The van der Waals surface area contributed by atoms with Gasteiger partial charge in [0.1, 0.15) is 0 Å². The number of piperidine rings is 1. The van der Waals surface area contributed by atoms with Gasteiger partial charge in [-0.1, -0.05) is 43.2 Å². The summed E-state index contributed by atoms with van der Waals surface area (Å²) >= 11 is 0. The van der Waals surface area contributed by atoms with Crippen LogP contribution in [0.1, 0.15) is 50.1 Å². The van der Waals surface area contributed by atoms with Gasteiger partial charge in [0.05, 0.1) is 6.10 Å². The van der Waals surface area contributed by atoms with Gasteiger partial charge in [-0.15, -0.1) is 0 Å². The van der Waals surface area contributed by atoms with E-state index in [0.29, 0.717) is 6.04 Å². The summed E-state index contributed by atoms with van der Waals surface area (Å²) in [5, 5.41) is 10.3. The Kier molecular flexibility index (Phi) is 3.16. The molecule has 1 aliphatic carbocycles. The van der Waals surface area contributed by atoms with Crippen LogP contribution < -0.4 is 0 Å².